The Hall–Kier alpha value is -3.42. The van der Waals surface area contributed by atoms with Gasteiger partial charge < -0.3 is 9.84 Å². The second-order valence-corrected chi connectivity index (χ2v) is 10.0. The van der Waals surface area contributed by atoms with Crippen molar-refractivity contribution >= 4 is 28.6 Å². The number of fused-ring (bicyclic) bond motifs is 1. The molecule has 0 bridgehead atoms. The third-order valence-corrected chi connectivity index (χ3v) is 7.76. The van der Waals surface area contributed by atoms with Gasteiger partial charge in [0, 0.05) is 23.8 Å². The number of aromatic nitrogens is 2. The summed E-state index contributed by atoms with van der Waals surface area (Å²) in [5, 5.41) is 9.92. The monoisotopic (exact) mass is 506 g/mol. The Balaban J connectivity index is 1.52. The summed E-state index contributed by atoms with van der Waals surface area (Å²) in [4.78, 5) is 25.6. The number of benzene rings is 3. The van der Waals surface area contributed by atoms with Gasteiger partial charge in [0.25, 0.3) is 0 Å². The smallest absolute Gasteiger partial charge is 0.338 e. The molecule has 2 aliphatic rings. The second-order valence-electron chi connectivity index (χ2n) is 9.57. The largest absolute Gasteiger partial charge is 0.478 e. The fraction of sp³-hybridized carbons (Fsp3) is 0.286. The van der Waals surface area contributed by atoms with Crippen molar-refractivity contribution in [1.82, 2.24) is 9.13 Å². The molecular weight excluding hydrogens is 483 g/mol. The molecule has 184 valence electrons. The predicted molar refractivity (Wildman–Crippen MR) is 135 cm³/mol. The number of aromatic carboxylic acids is 1. The number of hydrogen-bond donors (Lipinski definition) is 1. The van der Waals surface area contributed by atoms with Crippen LogP contribution < -0.4 is 5.69 Å². The van der Waals surface area contributed by atoms with E-state index < -0.39 is 22.9 Å². The first-order chi connectivity index (χ1) is 17.4. The van der Waals surface area contributed by atoms with Crippen molar-refractivity contribution in [2.24, 2.45) is 0 Å². The van der Waals surface area contributed by atoms with Crippen LogP contribution in [0.4, 0.5) is 4.39 Å². The van der Waals surface area contributed by atoms with Crippen molar-refractivity contribution in [2.75, 3.05) is 13.2 Å². The molecule has 8 heteroatoms. The molecule has 1 N–H and O–H groups in total. The molecular formula is C28H24ClFN2O4. The summed E-state index contributed by atoms with van der Waals surface area (Å²) in [6, 6.07) is 17.5. The quantitative estimate of drug-likeness (QED) is 0.376. The van der Waals surface area contributed by atoms with Crippen LogP contribution in [0, 0.1) is 5.82 Å². The van der Waals surface area contributed by atoms with Crippen LogP contribution in [0.2, 0.25) is 5.02 Å². The first-order valence-corrected chi connectivity index (χ1v) is 12.4. The van der Waals surface area contributed by atoms with E-state index in [2.05, 4.69) is 0 Å². The highest BCUT2D eigenvalue weighted by molar-refractivity contribution is 6.31. The third kappa shape index (κ3) is 3.57. The summed E-state index contributed by atoms with van der Waals surface area (Å²) >= 11 is 6.33. The molecule has 4 aromatic rings. The normalized spacial score (nSPS) is 17.4. The number of ether oxygens (including phenoxy) is 1. The molecule has 6 rings (SSSR count). The maximum atomic E-state index is 15.4. The first kappa shape index (κ1) is 23.0. The molecule has 0 unspecified atom stereocenters. The van der Waals surface area contributed by atoms with E-state index in [1.54, 1.807) is 33.4 Å². The molecule has 0 spiro atoms. The number of rotatable bonds is 5. The number of carboxylic acid groups (broad SMARTS) is 1. The molecule has 2 heterocycles. The number of carboxylic acids is 1. The molecule has 3 aromatic carbocycles. The molecule has 1 aromatic heterocycles. The van der Waals surface area contributed by atoms with Crippen molar-refractivity contribution in [3.8, 4) is 5.69 Å². The Kier molecular flexibility index (Phi) is 5.50. The zero-order valence-electron chi connectivity index (χ0n) is 19.4. The van der Waals surface area contributed by atoms with Gasteiger partial charge in [-0.15, -0.1) is 0 Å². The zero-order chi connectivity index (χ0) is 25.0. The summed E-state index contributed by atoms with van der Waals surface area (Å²) in [6.45, 7) is 1.50. The van der Waals surface area contributed by atoms with Crippen LogP contribution in [-0.2, 0) is 10.3 Å². The third-order valence-electron chi connectivity index (χ3n) is 7.53. The fourth-order valence-corrected chi connectivity index (χ4v) is 5.72. The van der Waals surface area contributed by atoms with Gasteiger partial charge in [-0.25, -0.2) is 14.0 Å². The summed E-state index contributed by atoms with van der Waals surface area (Å²) in [5.41, 5.74) is 1.69. The van der Waals surface area contributed by atoms with E-state index in [1.807, 2.05) is 24.3 Å². The minimum atomic E-state index is -1.34. The zero-order valence-corrected chi connectivity index (χ0v) is 20.2. The Labute approximate surface area is 211 Å². The number of carbonyl (C=O) groups is 1. The van der Waals surface area contributed by atoms with Crippen molar-refractivity contribution in [3.05, 3.63) is 98.7 Å². The van der Waals surface area contributed by atoms with Gasteiger partial charge in [-0.1, -0.05) is 35.9 Å². The average Bonchev–Trinajstić information content (AvgIpc) is 3.62. The van der Waals surface area contributed by atoms with E-state index in [0.29, 0.717) is 40.5 Å². The van der Waals surface area contributed by atoms with Crippen LogP contribution in [0.15, 0.2) is 65.5 Å². The van der Waals surface area contributed by atoms with Gasteiger partial charge in [-0.2, -0.15) is 0 Å². The van der Waals surface area contributed by atoms with E-state index in [4.69, 9.17) is 16.3 Å². The highest BCUT2D eigenvalue weighted by Gasteiger charge is 2.51. The van der Waals surface area contributed by atoms with Crippen LogP contribution in [0.25, 0.3) is 16.7 Å². The molecule has 1 aliphatic heterocycles. The molecule has 0 atom stereocenters. The second kappa shape index (κ2) is 8.61. The number of imidazole rings is 1. The predicted octanol–water partition coefficient (Wildman–Crippen LogP) is 5.71. The minimum Gasteiger partial charge on any atom is -0.478 e. The SMILES string of the molecule is O=C(O)c1cccc(C2(n3c(=O)n(-c4ccc(C5CCOCC5)cc4)c4cc(Cl)ccc43)CC2)c1F. The Morgan fingerprint density at radius 3 is 2.42 bits per heavy atom. The Morgan fingerprint density at radius 2 is 1.75 bits per heavy atom. The lowest BCUT2D eigenvalue weighted by Gasteiger charge is -2.22. The fourth-order valence-electron chi connectivity index (χ4n) is 5.55. The van der Waals surface area contributed by atoms with Crippen LogP contribution in [0.5, 0.6) is 0 Å². The standard InChI is InChI=1S/C28H24ClFN2O4/c29-19-6-9-23-24(16-19)31(20-7-4-17(5-8-20)18-10-14-36-15-11-18)27(35)32(23)28(12-13-28)22-3-1-2-21(25(22)30)26(33)34/h1-9,16,18H,10-15H2,(H,33,34). The maximum absolute atomic E-state index is 15.4. The molecule has 36 heavy (non-hydrogen) atoms. The van der Waals surface area contributed by atoms with Gasteiger partial charge in [0.2, 0.25) is 0 Å². The van der Waals surface area contributed by atoms with Gasteiger partial charge in [0.05, 0.1) is 27.8 Å². The Bertz CT molecular complexity index is 1550. The van der Waals surface area contributed by atoms with Crippen molar-refractivity contribution < 1.29 is 19.0 Å². The Morgan fingerprint density at radius 1 is 1.03 bits per heavy atom. The van der Waals surface area contributed by atoms with Crippen LogP contribution in [-0.4, -0.2) is 33.4 Å². The van der Waals surface area contributed by atoms with Crippen molar-refractivity contribution in [1.29, 1.82) is 0 Å². The van der Waals surface area contributed by atoms with E-state index in [0.717, 1.165) is 26.1 Å². The molecule has 0 amide bonds. The highest BCUT2D eigenvalue weighted by Crippen LogP contribution is 2.51. The number of nitrogens with zero attached hydrogens (tertiary/aromatic N) is 2. The minimum absolute atomic E-state index is 0.216. The van der Waals surface area contributed by atoms with E-state index in [1.165, 1.54) is 17.7 Å². The van der Waals surface area contributed by atoms with Crippen molar-refractivity contribution in [3.63, 3.8) is 0 Å². The number of hydrogen-bond acceptors (Lipinski definition) is 3. The topological polar surface area (TPSA) is 73.5 Å². The van der Waals surface area contributed by atoms with E-state index in [9.17, 15) is 14.7 Å². The van der Waals surface area contributed by atoms with Gasteiger partial charge in [-0.3, -0.25) is 9.13 Å². The lowest BCUT2D eigenvalue weighted by atomic mass is 9.92. The summed E-state index contributed by atoms with van der Waals surface area (Å²) in [6.07, 6.45) is 2.99. The van der Waals surface area contributed by atoms with E-state index >= 15 is 4.39 Å². The molecule has 1 aliphatic carbocycles. The molecule has 2 fully saturated rings. The van der Waals surface area contributed by atoms with Crippen LogP contribution in [0.1, 0.15) is 53.1 Å². The van der Waals surface area contributed by atoms with Gasteiger partial charge in [-0.05, 0) is 73.6 Å². The highest BCUT2D eigenvalue weighted by atomic mass is 35.5. The first-order valence-electron chi connectivity index (χ1n) is 12.0. The van der Waals surface area contributed by atoms with Crippen molar-refractivity contribution in [2.45, 2.75) is 37.1 Å². The molecule has 1 saturated carbocycles. The summed E-state index contributed by atoms with van der Waals surface area (Å²) in [7, 11) is 0. The van der Waals surface area contributed by atoms with Gasteiger partial charge >= 0.3 is 11.7 Å². The molecule has 0 radical (unpaired) electrons. The summed E-state index contributed by atoms with van der Waals surface area (Å²) < 4.78 is 24.0. The maximum Gasteiger partial charge on any atom is 0.338 e. The van der Waals surface area contributed by atoms with Gasteiger partial charge in [0.1, 0.15) is 5.82 Å². The number of halogens is 2. The lowest BCUT2D eigenvalue weighted by molar-refractivity contribution is 0.0691. The molecule has 6 nitrogen and oxygen atoms in total. The van der Waals surface area contributed by atoms with Gasteiger partial charge in [0.15, 0.2) is 0 Å². The van der Waals surface area contributed by atoms with Crippen LogP contribution in [0.3, 0.4) is 0 Å². The van der Waals surface area contributed by atoms with Crippen LogP contribution >= 0.6 is 11.6 Å². The molecule has 1 saturated heterocycles. The average molecular weight is 507 g/mol. The summed E-state index contributed by atoms with van der Waals surface area (Å²) in [5.74, 6) is -1.71. The van der Waals surface area contributed by atoms with E-state index in [-0.39, 0.29) is 11.3 Å². The lowest BCUT2D eigenvalue weighted by Crippen LogP contribution is -2.33.